The van der Waals surface area contributed by atoms with Crippen LogP contribution in [-0.2, 0) is 4.79 Å². The number of thioether (sulfide) groups is 1. The van der Waals surface area contributed by atoms with Crippen molar-refractivity contribution in [2.75, 3.05) is 7.05 Å². The van der Waals surface area contributed by atoms with Crippen LogP contribution in [0.25, 0.3) is 0 Å². The SMILES string of the molecule is CNC1(C(N)=O)CCC(Sc2cccc(Br)c2)C1. The molecule has 18 heavy (non-hydrogen) atoms. The maximum absolute atomic E-state index is 11.5. The monoisotopic (exact) mass is 328 g/mol. The maximum atomic E-state index is 11.5. The Kier molecular flexibility index (Phi) is 4.35. The number of likely N-dealkylation sites (N-methyl/N-ethyl adjacent to an activating group) is 1. The number of carbonyl (C=O) groups is 1. The zero-order valence-electron chi connectivity index (χ0n) is 10.3. The Morgan fingerprint density at radius 3 is 2.94 bits per heavy atom. The number of rotatable bonds is 4. The number of nitrogens with two attached hydrogens (primary N) is 1. The molecule has 1 fully saturated rings. The Morgan fingerprint density at radius 1 is 1.61 bits per heavy atom. The number of halogens is 1. The molecular formula is C13H17BrN2OS. The van der Waals surface area contributed by atoms with E-state index >= 15 is 0 Å². The molecule has 1 aromatic rings. The smallest absolute Gasteiger partial charge is 0.237 e. The fraction of sp³-hybridized carbons (Fsp3) is 0.462. The first-order chi connectivity index (χ1) is 8.55. The van der Waals surface area contributed by atoms with Gasteiger partial charge in [-0.3, -0.25) is 4.79 Å². The average molecular weight is 329 g/mol. The van der Waals surface area contributed by atoms with Crippen molar-refractivity contribution in [2.45, 2.75) is 34.9 Å². The van der Waals surface area contributed by atoms with E-state index in [1.807, 2.05) is 30.9 Å². The highest BCUT2D eigenvalue weighted by atomic mass is 79.9. The van der Waals surface area contributed by atoms with E-state index in [9.17, 15) is 4.79 Å². The quantitative estimate of drug-likeness (QED) is 0.893. The molecule has 1 saturated carbocycles. The Bertz CT molecular complexity index is 454. The van der Waals surface area contributed by atoms with Crippen molar-refractivity contribution in [1.82, 2.24) is 5.32 Å². The molecule has 0 aliphatic heterocycles. The lowest BCUT2D eigenvalue weighted by Crippen LogP contribution is -2.52. The lowest BCUT2D eigenvalue weighted by Gasteiger charge is -2.24. The third kappa shape index (κ3) is 2.90. The number of hydrogen-bond donors (Lipinski definition) is 2. The molecule has 0 spiro atoms. The summed E-state index contributed by atoms with van der Waals surface area (Å²) in [4.78, 5) is 12.8. The van der Waals surface area contributed by atoms with E-state index in [1.54, 1.807) is 0 Å². The minimum Gasteiger partial charge on any atom is -0.368 e. The molecule has 0 saturated heterocycles. The van der Waals surface area contributed by atoms with E-state index in [2.05, 4.69) is 33.4 Å². The summed E-state index contributed by atoms with van der Waals surface area (Å²) in [6.07, 6.45) is 2.64. The summed E-state index contributed by atoms with van der Waals surface area (Å²) >= 11 is 5.29. The number of nitrogens with one attached hydrogen (secondary N) is 1. The van der Waals surface area contributed by atoms with Crippen molar-refractivity contribution in [3.63, 3.8) is 0 Å². The van der Waals surface area contributed by atoms with Gasteiger partial charge in [0.1, 0.15) is 0 Å². The van der Waals surface area contributed by atoms with Gasteiger partial charge in [0.25, 0.3) is 0 Å². The van der Waals surface area contributed by atoms with Gasteiger partial charge >= 0.3 is 0 Å². The molecule has 0 bridgehead atoms. The summed E-state index contributed by atoms with van der Waals surface area (Å²) in [5.41, 5.74) is 4.99. The number of primary amides is 1. The maximum Gasteiger partial charge on any atom is 0.237 e. The number of amides is 1. The Morgan fingerprint density at radius 2 is 2.39 bits per heavy atom. The summed E-state index contributed by atoms with van der Waals surface area (Å²) in [5.74, 6) is -0.234. The molecule has 1 aliphatic rings. The van der Waals surface area contributed by atoms with E-state index in [1.165, 1.54) is 4.90 Å². The molecule has 1 amide bonds. The van der Waals surface area contributed by atoms with Crippen molar-refractivity contribution >= 4 is 33.6 Å². The fourth-order valence-electron chi connectivity index (χ4n) is 2.41. The Hall–Kier alpha value is -0.520. The van der Waals surface area contributed by atoms with Gasteiger partial charge in [0.05, 0.1) is 5.54 Å². The van der Waals surface area contributed by atoms with E-state index < -0.39 is 5.54 Å². The van der Waals surface area contributed by atoms with Gasteiger partial charge < -0.3 is 11.1 Å². The zero-order valence-corrected chi connectivity index (χ0v) is 12.7. The minimum absolute atomic E-state index is 0.234. The third-order valence-corrected chi connectivity index (χ3v) is 5.27. The van der Waals surface area contributed by atoms with Gasteiger partial charge in [0.2, 0.25) is 5.91 Å². The van der Waals surface area contributed by atoms with Gasteiger partial charge in [0.15, 0.2) is 0 Å². The highest BCUT2D eigenvalue weighted by Gasteiger charge is 2.42. The standard InChI is InChI=1S/C13H17BrN2OS/c1-16-13(12(15)17)6-5-11(8-13)18-10-4-2-3-9(14)7-10/h2-4,7,11,16H,5-6,8H2,1H3,(H2,15,17). The summed E-state index contributed by atoms with van der Waals surface area (Å²) in [5, 5.41) is 3.55. The van der Waals surface area contributed by atoms with Crippen LogP contribution in [0.1, 0.15) is 19.3 Å². The van der Waals surface area contributed by atoms with Gasteiger partial charge in [-0.1, -0.05) is 22.0 Å². The third-order valence-electron chi connectivity index (χ3n) is 3.52. The molecule has 0 heterocycles. The van der Waals surface area contributed by atoms with Gasteiger partial charge in [-0.15, -0.1) is 11.8 Å². The lowest BCUT2D eigenvalue weighted by molar-refractivity contribution is -0.124. The van der Waals surface area contributed by atoms with E-state index in [0.717, 1.165) is 23.7 Å². The summed E-state index contributed by atoms with van der Waals surface area (Å²) in [6, 6.07) is 8.24. The van der Waals surface area contributed by atoms with Gasteiger partial charge in [-0.2, -0.15) is 0 Å². The van der Waals surface area contributed by atoms with Gasteiger partial charge in [0, 0.05) is 14.6 Å². The van der Waals surface area contributed by atoms with Crippen LogP contribution in [0, 0.1) is 0 Å². The molecule has 98 valence electrons. The fourth-order valence-corrected chi connectivity index (χ4v) is 4.30. The number of hydrogen-bond acceptors (Lipinski definition) is 3. The van der Waals surface area contributed by atoms with Crippen LogP contribution in [0.3, 0.4) is 0 Å². The lowest BCUT2D eigenvalue weighted by atomic mass is 9.97. The average Bonchev–Trinajstić information content (AvgIpc) is 2.74. The van der Waals surface area contributed by atoms with Crippen molar-refractivity contribution in [3.8, 4) is 0 Å². The number of carbonyl (C=O) groups excluding carboxylic acids is 1. The van der Waals surface area contributed by atoms with Crippen LogP contribution in [0.5, 0.6) is 0 Å². The molecule has 0 aromatic heterocycles. The molecule has 2 rings (SSSR count). The van der Waals surface area contributed by atoms with Crippen molar-refractivity contribution in [3.05, 3.63) is 28.7 Å². The van der Waals surface area contributed by atoms with Crippen LogP contribution in [0.15, 0.2) is 33.6 Å². The second-order valence-corrected chi connectivity index (χ2v) is 6.93. The minimum atomic E-state index is -0.510. The molecule has 3 nitrogen and oxygen atoms in total. The Labute approximate surface area is 120 Å². The predicted octanol–water partition coefficient (Wildman–Crippen LogP) is 2.54. The van der Waals surface area contributed by atoms with Crippen molar-refractivity contribution < 1.29 is 4.79 Å². The highest BCUT2D eigenvalue weighted by molar-refractivity contribution is 9.10. The first-order valence-corrected chi connectivity index (χ1v) is 7.64. The molecule has 2 atom stereocenters. The van der Waals surface area contributed by atoms with E-state index in [0.29, 0.717) is 5.25 Å². The second-order valence-electron chi connectivity index (χ2n) is 4.64. The van der Waals surface area contributed by atoms with Crippen molar-refractivity contribution in [2.24, 2.45) is 5.73 Å². The summed E-state index contributed by atoms with van der Waals surface area (Å²) in [7, 11) is 1.82. The largest absolute Gasteiger partial charge is 0.368 e. The first kappa shape index (κ1) is 13.9. The molecular weight excluding hydrogens is 312 g/mol. The number of benzene rings is 1. The van der Waals surface area contributed by atoms with Crippen LogP contribution < -0.4 is 11.1 Å². The van der Waals surface area contributed by atoms with Crippen LogP contribution >= 0.6 is 27.7 Å². The summed E-state index contributed by atoms with van der Waals surface area (Å²) in [6.45, 7) is 0. The van der Waals surface area contributed by atoms with Crippen LogP contribution in [0.2, 0.25) is 0 Å². The van der Waals surface area contributed by atoms with Crippen LogP contribution in [-0.4, -0.2) is 23.7 Å². The normalized spacial score (nSPS) is 27.3. The molecule has 5 heteroatoms. The Balaban J connectivity index is 2.03. The van der Waals surface area contributed by atoms with E-state index in [4.69, 9.17) is 5.73 Å². The molecule has 2 unspecified atom stereocenters. The molecule has 1 aliphatic carbocycles. The highest BCUT2D eigenvalue weighted by Crippen LogP contribution is 2.40. The topological polar surface area (TPSA) is 55.1 Å². The predicted molar refractivity (Wildman–Crippen MR) is 78.6 cm³/mol. The van der Waals surface area contributed by atoms with Gasteiger partial charge in [-0.05, 0) is 44.5 Å². The second kappa shape index (κ2) is 5.63. The first-order valence-electron chi connectivity index (χ1n) is 5.97. The zero-order chi connectivity index (χ0) is 13.2. The van der Waals surface area contributed by atoms with Crippen molar-refractivity contribution in [1.29, 1.82) is 0 Å². The summed E-state index contributed by atoms with van der Waals surface area (Å²) < 4.78 is 1.08. The van der Waals surface area contributed by atoms with E-state index in [-0.39, 0.29) is 5.91 Å². The van der Waals surface area contributed by atoms with Crippen LogP contribution in [0.4, 0.5) is 0 Å². The molecule has 0 radical (unpaired) electrons. The van der Waals surface area contributed by atoms with Gasteiger partial charge in [-0.25, -0.2) is 0 Å². The molecule has 3 N–H and O–H groups in total. The molecule has 1 aromatic carbocycles.